The van der Waals surface area contributed by atoms with Crippen LogP contribution < -0.4 is 17.2 Å². The van der Waals surface area contributed by atoms with Crippen molar-refractivity contribution in [1.82, 2.24) is 0 Å². The number of nitrogens with two attached hydrogens (primary N) is 3. The van der Waals surface area contributed by atoms with Gasteiger partial charge in [0.2, 0.25) is 17.7 Å². The molecule has 0 aromatic heterocycles. The van der Waals surface area contributed by atoms with Crippen LogP contribution in [0.25, 0.3) is 0 Å². The smallest absolute Gasteiger partial charge is 0.248 e. The van der Waals surface area contributed by atoms with Gasteiger partial charge in [0.15, 0.2) is 0 Å². The van der Waals surface area contributed by atoms with E-state index >= 15 is 0 Å². The molecule has 0 aliphatic carbocycles. The Morgan fingerprint density at radius 3 is 1.00 bits per heavy atom. The highest BCUT2D eigenvalue weighted by atomic mass is 16.2. The van der Waals surface area contributed by atoms with Crippen molar-refractivity contribution in [3.63, 3.8) is 0 Å². The first-order valence-corrected chi connectivity index (χ1v) is 3.96. The van der Waals surface area contributed by atoms with Gasteiger partial charge in [-0.3, -0.25) is 14.4 Å². The van der Waals surface area contributed by atoms with Crippen LogP contribution in [0.15, 0.2) is 18.2 Å². The zero-order valence-corrected chi connectivity index (χ0v) is 7.69. The van der Waals surface area contributed by atoms with Crippen LogP contribution in [0.3, 0.4) is 0 Å². The first kappa shape index (κ1) is 10.7. The van der Waals surface area contributed by atoms with Crippen molar-refractivity contribution in [3.8, 4) is 0 Å². The van der Waals surface area contributed by atoms with Crippen molar-refractivity contribution in [2.45, 2.75) is 0 Å². The lowest BCUT2D eigenvalue weighted by Gasteiger charge is -2.02. The molecule has 0 unspecified atom stereocenters. The van der Waals surface area contributed by atoms with Crippen LogP contribution in [0.4, 0.5) is 0 Å². The molecule has 3 amide bonds. The third kappa shape index (κ3) is 2.31. The summed E-state index contributed by atoms with van der Waals surface area (Å²) >= 11 is 0. The summed E-state index contributed by atoms with van der Waals surface area (Å²) in [5.41, 5.74) is 15.1. The van der Waals surface area contributed by atoms with Crippen molar-refractivity contribution < 1.29 is 14.4 Å². The summed E-state index contributed by atoms with van der Waals surface area (Å²) in [6, 6.07) is 3.62. The zero-order valence-electron chi connectivity index (χ0n) is 7.69. The molecular formula is C9H9N3O3. The van der Waals surface area contributed by atoms with Gasteiger partial charge in [0.1, 0.15) is 0 Å². The summed E-state index contributed by atoms with van der Waals surface area (Å²) in [6.45, 7) is 0. The Kier molecular flexibility index (Phi) is 2.70. The summed E-state index contributed by atoms with van der Waals surface area (Å²) in [5.74, 6) is -2.29. The van der Waals surface area contributed by atoms with Gasteiger partial charge in [-0.05, 0) is 18.2 Å². The van der Waals surface area contributed by atoms with Crippen molar-refractivity contribution in [3.05, 3.63) is 34.9 Å². The molecule has 6 nitrogen and oxygen atoms in total. The van der Waals surface area contributed by atoms with E-state index in [9.17, 15) is 14.4 Å². The molecule has 0 aliphatic rings. The Labute approximate surface area is 85.0 Å². The lowest BCUT2D eigenvalue weighted by molar-refractivity contribution is 0.0999. The molecule has 0 spiro atoms. The fourth-order valence-corrected chi connectivity index (χ4v) is 1.05. The second-order valence-electron chi connectivity index (χ2n) is 2.89. The fourth-order valence-electron chi connectivity index (χ4n) is 1.05. The monoisotopic (exact) mass is 207 g/mol. The van der Waals surface area contributed by atoms with Gasteiger partial charge in [-0.1, -0.05) is 0 Å². The van der Waals surface area contributed by atoms with Gasteiger partial charge in [0, 0.05) is 16.7 Å². The van der Waals surface area contributed by atoms with Gasteiger partial charge in [0.05, 0.1) is 0 Å². The molecule has 0 bridgehead atoms. The standard InChI is InChI=1S/C9H9N3O3/c10-7(13)4-1-5(8(11)14)3-6(2-4)9(12)15/h1-3H,(H2,10,13)(H2,11,14)(H2,12,15). The summed E-state index contributed by atoms with van der Waals surface area (Å²) in [5, 5.41) is 0. The highest BCUT2D eigenvalue weighted by molar-refractivity contribution is 6.03. The number of hydrogen-bond donors (Lipinski definition) is 3. The Morgan fingerprint density at radius 2 is 0.867 bits per heavy atom. The van der Waals surface area contributed by atoms with Crippen LogP contribution in [-0.4, -0.2) is 17.7 Å². The fraction of sp³-hybridized carbons (Fsp3) is 0. The third-order valence-electron chi connectivity index (χ3n) is 1.79. The Hall–Kier alpha value is -2.37. The van der Waals surface area contributed by atoms with E-state index < -0.39 is 17.7 Å². The van der Waals surface area contributed by atoms with Gasteiger partial charge in [-0.15, -0.1) is 0 Å². The van der Waals surface area contributed by atoms with E-state index in [4.69, 9.17) is 17.2 Å². The van der Waals surface area contributed by atoms with Crippen molar-refractivity contribution in [2.75, 3.05) is 0 Å². The summed E-state index contributed by atoms with van der Waals surface area (Å²) in [7, 11) is 0. The number of carbonyl (C=O) groups is 3. The quantitative estimate of drug-likeness (QED) is 0.586. The summed E-state index contributed by atoms with van der Waals surface area (Å²) in [6.07, 6.45) is 0. The Bertz CT molecular complexity index is 375. The number of hydrogen-bond acceptors (Lipinski definition) is 3. The number of benzene rings is 1. The molecule has 0 atom stereocenters. The van der Waals surface area contributed by atoms with Crippen LogP contribution in [-0.2, 0) is 0 Å². The zero-order chi connectivity index (χ0) is 11.6. The van der Waals surface area contributed by atoms with Crippen molar-refractivity contribution >= 4 is 17.7 Å². The largest absolute Gasteiger partial charge is 0.366 e. The summed E-state index contributed by atoms with van der Waals surface area (Å²) in [4.78, 5) is 32.6. The van der Waals surface area contributed by atoms with E-state index in [0.29, 0.717) is 0 Å². The van der Waals surface area contributed by atoms with Gasteiger partial charge in [-0.2, -0.15) is 0 Å². The summed E-state index contributed by atoms with van der Waals surface area (Å²) < 4.78 is 0. The van der Waals surface area contributed by atoms with Gasteiger partial charge >= 0.3 is 0 Å². The molecule has 15 heavy (non-hydrogen) atoms. The molecule has 1 aromatic rings. The molecule has 0 fully saturated rings. The van der Waals surface area contributed by atoms with Crippen LogP contribution in [0.1, 0.15) is 31.1 Å². The maximum atomic E-state index is 10.9. The third-order valence-corrected chi connectivity index (χ3v) is 1.79. The van der Waals surface area contributed by atoms with E-state index in [1.165, 1.54) is 18.2 Å². The normalized spacial score (nSPS) is 9.60. The van der Waals surface area contributed by atoms with Crippen molar-refractivity contribution in [1.29, 1.82) is 0 Å². The van der Waals surface area contributed by atoms with E-state index in [1.54, 1.807) is 0 Å². The molecule has 1 rings (SSSR count). The Morgan fingerprint density at radius 1 is 0.667 bits per heavy atom. The molecule has 0 saturated heterocycles. The van der Waals surface area contributed by atoms with Gasteiger partial charge in [0.25, 0.3) is 0 Å². The first-order chi connectivity index (χ1) is 6.91. The van der Waals surface area contributed by atoms with E-state index in [-0.39, 0.29) is 16.7 Å². The van der Waals surface area contributed by atoms with E-state index in [2.05, 4.69) is 0 Å². The minimum atomic E-state index is -0.763. The molecule has 0 radical (unpaired) electrons. The molecule has 0 aliphatic heterocycles. The predicted molar refractivity (Wildman–Crippen MR) is 52.0 cm³/mol. The first-order valence-electron chi connectivity index (χ1n) is 3.96. The van der Waals surface area contributed by atoms with Crippen LogP contribution in [0.2, 0.25) is 0 Å². The molecular weight excluding hydrogens is 198 g/mol. The van der Waals surface area contributed by atoms with Gasteiger partial charge in [-0.25, -0.2) is 0 Å². The molecule has 0 saturated carbocycles. The molecule has 6 N–H and O–H groups in total. The number of primary amides is 3. The van der Waals surface area contributed by atoms with E-state index in [1.807, 2.05) is 0 Å². The van der Waals surface area contributed by atoms with Crippen LogP contribution >= 0.6 is 0 Å². The number of carbonyl (C=O) groups excluding carboxylic acids is 3. The lowest BCUT2D eigenvalue weighted by atomic mass is 10.0. The number of rotatable bonds is 3. The highest BCUT2D eigenvalue weighted by Crippen LogP contribution is 2.09. The second-order valence-corrected chi connectivity index (χ2v) is 2.89. The average Bonchev–Trinajstić information content (AvgIpc) is 2.16. The minimum absolute atomic E-state index is 0.0140. The topological polar surface area (TPSA) is 129 Å². The highest BCUT2D eigenvalue weighted by Gasteiger charge is 2.11. The minimum Gasteiger partial charge on any atom is -0.366 e. The van der Waals surface area contributed by atoms with Crippen molar-refractivity contribution in [2.24, 2.45) is 17.2 Å². The predicted octanol–water partition coefficient (Wildman–Crippen LogP) is -1.02. The molecule has 78 valence electrons. The van der Waals surface area contributed by atoms with Crippen LogP contribution in [0, 0.1) is 0 Å². The van der Waals surface area contributed by atoms with E-state index in [0.717, 1.165) is 0 Å². The molecule has 0 heterocycles. The molecule has 6 heteroatoms. The maximum absolute atomic E-state index is 10.9. The van der Waals surface area contributed by atoms with Crippen LogP contribution in [0.5, 0.6) is 0 Å². The second kappa shape index (κ2) is 3.79. The van der Waals surface area contributed by atoms with Gasteiger partial charge < -0.3 is 17.2 Å². The SMILES string of the molecule is NC(=O)c1cc(C(N)=O)cc(C(N)=O)c1. The maximum Gasteiger partial charge on any atom is 0.248 e. The Balaban J connectivity index is 3.39. The number of amides is 3. The average molecular weight is 207 g/mol. The molecule has 1 aromatic carbocycles. The lowest BCUT2D eigenvalue weighted by Crippen LogP contribution is -2.19.